The fourth-order valence-electron chi connectivity index (χ4n) is 1.10. The van der Waals surface area contributed by atoms with Crippen LogP contribution >= 0.6 is 27.3 Å². The smallest absolute Gasteiger partial charge is 0.263 e. The minimum absolute atomic E-state index is 0.178. The fraction of sp³-hybridized carbons (Fsp3) is 0.375. The van der Waals surface area contributed by atoms with Crippen molar-refractivity contribution in [1.29, 1.82) is 0 Å². The Bertz CT molecular complexity index is 306. The molecule has 0 bridgehead atoms. The maximum atomic E-state index is 11.6. The number of thiophene rings is 1. The Hall–Kier alpha value is -0.350. The summed E-state index contributed by atoms with van der Waals surface area (Å²) in [6.45, 7) is 1.85. The summed E-state index contributed by atoms with van der Waals surface area (Å²) in [4.78, 5) is 14.3. The Labute approximate surface area is 83.3 Å². The molecule has 0 saturated carbocycles. The molecule has 0 unspecified atom stereocenters. The van der Waals surface area contributed by atoms with E-state index in [9.17, 15) is 4.79 Å². The molecule has 2 nitrogen and oxygen atoms in total. The molecule has 2 rings (SSSR count). The summed E-state index contributed by atoms with van der Waals surface area (Å²) in [6.07, 6.45) is 1.15. The van der Waals surface area contributed by atoms with E-state index in [1.165, 1.54) is 11.3 Å². The maximum Gasteiger partial charge on any atom is 0.263 e. The van der Waals surface area contributed by atoms with Gasteiger partial charge in [-0.25, -0.2) is 0 Å². The molecule has 1 aliphatic rings. The average Bonchev–Trinajstić information content (AvgIpc) is 2.31. The standard InChI is InChI=1S/C8H8BrNOS/c9-7-3-2-6(12-7)8(11)10-4-1-5-10/h2-3H,1,4-5H2. The minimum Gasteiger partial charge on any atom is -0.338 e. The Morgan fingerprint density at radius 3 is 2.67 bits per heavy atom. The first-order valence-electron chi connectivity index (χ1n) is 3.82. The second-order valence-electron chi connectivity index (χ2n) is 2.75. The van der Waals surface area contributed by atoms with Gasteiger partial charge in [-0.1, -0.05) is 0 Å². The van der Waals surface area contributed by atoms with Crippen LogP contribution in [0.4, 0.5) is 0 Å². The van der Waals surface area contributed by atoms with E-state index < -0.39 is 0 Å². The van der Waals surface area contributed by atoms with E-state index in [0.717, 1.165) is 28.2 Å². The molecule has 1 saturated heterocycles. The molecule has 64 valence electrons. The number of hydrogen-bond acceptors (Lipinski definition) is 2. The zero-order valence-corrected chi connectivity index (χ0v) is 8.82. The van der Waals surface area contributed by atoms with Crippen LogP contribution in [0.5, 0.6) is 0 Å². The molecular weight excluding hydrogens is 238 g/mol. The maximum absolute atomic E-state index is 11.6. The van der Waals surface area contributed by atoms with Crippen molar-refractivity contribution in [3.8, 4) is 0 Å². The van der Waals surface area contributed by atoms with Gasteiger partial charge in [0.2, 0.25) is 0 Å². The number of hydrogen-bond donors (Lipinski definition) is 0. The van der Waals surface area contributed by atoms with Gasteiger partial charge in [0.1, 0.15) is 0 Å². The van der Waals surface area contributed by atoms with Gasteiger partial charge in [0.25, 0.3) is 5.91 Å². The highest BCUT2D eigenvalue weighted by Crippen LogP contribution is 2.24. The van der Waals surface area contributed by atoms with Crippen LogP contribution < -0.4 is 0 Å². The van der Waals surface area contributed by atoms with Crippen LogP contribution in [0.2, 0.25) is 0 Å². The molecule has 0 spiro atoms. The van der Waals surface area contributed by atoms with E-state index in [4.69, 9.17) is 0 Å². The number of carbonyl (C=O) groups excluding carboxylic acids is 1. The van der Waals surface area contributed by atoms with Gasteiger partial charge in [-0.2, -0.15) is 0 Å². The normalized spacial score (nSPS) is 15.9. The monoisotopic (exact) mass is 245 g/mol. The first-order valence-corrected chi connectivity index (χ1v) is 5.43. The predicted molar refractivity (Wildman–Crippen MR) is 52.5 cm³/mol. The van der Waals surface area contributed by atoms with Crippen molar-refractivity contribution in [2.24, 2.45) is 0 Å². The third kappa shape index (κ3) is 1.41. The molecule has 0 atom stereocenters. The average molecular weight is 246 g/mol. The van der Waals surface area contributed by atoms with E-state index in [-0.39, 0.29) is 5.91 Å². The number of halogens is 1. The molecule has 0 aliphatic carbocycles. The Kier molecular flexibility index (Phi) is 2.19. The van der Waals surface area contributed by atoms with Gasteiger partial charge in [-0.15, -0.1) is 11.3 Å². The molecule has 0 radical (unpaired) electrons. The molecule has 1 aliphatic heterocycles. The summed E-state index contributed by atoms with van der Waals surface area (Å²) in [5.41, 5.74) is 0. The lowest BCUT2D eigenvalue weighted by Crippen LogP contribution is -2.41. The Balaban J connectivity index is 2.13. The number of amides is 1. The van der Waals surface area contributed by atoms with Crippen LogP contribution in [0.1, 0.15) is 16.1 Å². The molecule has 1 fully saturated rings. The second kappa shape index (κ2) is 3.18. The molecule has 4 heteroatoms. The van der Waals surface area contributed by atoms with E-state index in [1.807, 2.05) is 17.0 Å². The van der Waals surface area contributed by atoms with Crippen molar-refractivity contribution in [1.82, 2.24) is 4.90 Å². The third-order valence-electron chi connectivity index (χ3n) is 1.93. The molecule has 0 aromatic carbocycles. The van der Waals surface area contributed by atoms with Crippen molar-refractivity contribution in [3.63, 3.8) is 0 Å². The van der Waals surface area contributed by atoms with Gasteiger partial charge in [-0.3, -0.25) is 4.79 Å². The predicted octanol–water partition coefficient (Wildman–Crippen LogP) is 2.36. The second-order valence-corrected chi connectivity index (χ2v) is 5.21. The topological polar surface area (TPSA) is 20.3 Å². The quantitative estimate of drug-likeness (QED) is 0.744. The molecule has 1 aromatic heterocycles. The highest BCUT2D eigenvalue weighted by molar-refractivity contribution is 9.11. The first-order chi connectivity index (χ1) is 5.77. The number of carbonyl (C=O) groups is 1. The number of nitrogens with zero attached hydrogens (tertiary/aromatic N) is 1. The summed E-state index contributed by atoms with van der Waals surface area (Å²) >= 11 is 4.84. The lowest BCUT2D eigenvalue weighted by atomic mass is 10.2. The van der Waals surface area contributed by atoms with Crippen LogP contribution in [0.15, 0.2) is 15.9 Å². The van der Waals surface area contributed by atoms with E-state index in [1.54, 1.807) is 0 Å². The molecule has 2 heterocycles. The molecule has 12 heavy (non-hydrogen) atoms. The fourth-order valence-corrected chi connectivity index (χ4v) is 2.46. The molecule has 1 amide bonds. The highest BCUT2D eigenvalue weighted by Gasteiger charge is 2.22. The van der Waals surface area contributed by atoms with Crippen LogP contribution in [0.25, 0.3) is 0 Å². The Morgan fingerprint density at radius 2 is 2.25 bits per heavy atom. The van der Waals surface area contributed by atoms with Gasteiger partial charge >= 0.3 is 0 Å². The van der Waals surface area contributed by atoms with Crippen molar-refractivity contribution in [3.05, 3.63) is 20.8 Å². The highest BCUT2D eigenvalue weighted by atomic mass is 79.9. The Morgan fingerprint density at radius 1 is 1.50 bits per heavy atom. The van der Waals surface area contributed by atoms with Gasteiger partial charge < -0.3 is 4.90 Å². The van der Waals surface area contributed by atoms with Gasteiger partial charge in [-0.05, 0) is 34.5 Å². The summed E-state index contributed by atoms with van der Waals surface area (Å²) < 4.78 is 1.02. The van der Waals surface area contributed by atoms with Crippen LogP contribution in [0.3, 0.4) is 0 Å². The van der Waals surface area contributed by atoms with E-state index in [2.05, 4.69) is 15.9 Å². The minimum atomic E-state index is 0.178. The van der Waals surface area contributed by atoms with Crippen LogP contribution in [-0.4, -0.2) is 23.9 Å². The number of rotatable bonds is 1. The van der Waals surface area contributed by atoms with Gasteiger partial charge in [0.15, 0.2) is 0 Å². The van der Waals surface area contributed by atoms with Crippen molar-refractivity contribution < 1.29 is 4.79 Å². The summed E-state index contributed by atoms with van der Waals surface area (Å²) in [7, 11) is 0. The first kappa shape index (κ1) is 8.26. The number of likely N-dealkylation sites (tertiary alicyclic amines) is 1. The van der Waals surface area contributed by atoms with Crippen LogP contribution in [-0.2, 0) is 0 Å². The van der Waals surface area contributed by atoms with Crippen molar-refractivity contribution in [2.75, 3.05) is 13.1 Å². The van der Waals surface area contributed by atoms with E-state index in [0.29, 0.717) is 0 Å². The van der Waals surface area contributed by atoms with Crippen molar-refractivity contribution >= 4 is 33.2 Å². The van der Waals surface area contributed by atoms with Crippen LogP contribution in [0, 0.1) is 0 Å². The molecular formula is C8H8BrNOS. The largest absolute Gasteiger partial charge is 0.338 e. The zero-order chi connectivity index (χ0) is 8.55. The summed E-state index contributed by atoms with van der Waals surface area (Å²) in [5.74, 6) is 0.178. The SMILES string of the molecule is O=C(c1ccc(Br)s1)N1CCC1. The molecule has 1 aromatic rings. The third-order valence-corrected chi connectivity index (χ3v) is 3.54. The van der Waals surface area contributed by atoms with Crippen molar-refractivity contribution in [2.45, 2.75) is 6.42 Å². The molecule has 0 N–H and O–H groups in total. The zero-order valence-electron chi connectivity index (χ0n) is 6.42. The van der Waals surface area contributed by atoms with E-state index >= 15 is 0 Å². The van der Waals surface area contributed by atoms with Gasteiger partial charge in [0, 0.05) is 13.1 Å². The van der Waals surface area contributed by atoms with Gasteiger partial charge in [0.05, 0.1) is 8.66 Å². The summed E-state index contributed by atoms with van der Waals surface area (Å²) in [5, 5.41) is 0. The summed E-state index contributed by atoms with van der Waals surface area (Å²) in [6, 6.07) is 3.78. The lowest BCUT2D eigenvalue weighted by molar-refractivity contribution is 0.0657. The lowest BCUT2D eigenvalue weighted by Gasteiger charge is -2.30.